The highest BCUT2D eigenvalue weighted by molar-refractivity contribution is 6.18. The summed E-state index contributed by atoms with van der Waals surface area (Å²) < 4.78 is 0. The number of nitrogens with one attached hydrogen (secondary N) is 2. The van der Waals surface area contributed by atoms with E-state index >= 15 is 0 Å². The fraction of sp³-hybridized carbons (Fsp3) is 0.800. The normalized spacial score (nSPS) is 9.73. The molecule has 0 fully saturated rings. The second kappa shape index (κ2) is 9.77. The monoisotopic (exact) mass is 234 g/mol. The summed E-state index contributed by atoms with van der Waals surface area (Å²) in [5, 5.41) is 5.46. The molecule has 4 nitrogen and oxygen atoms in total. The van der Waals surface area contributed by atoms with E-state index < -0.39 is 0 Å². The van der Waals surface area contributed by atoms with E-state index in [0.29, 0.717) is 31.7 Å². The van der Waals surface area contributed by atoms with Crippen molar-refractivity contribution in [1.29, 1.82) is 0 Å². The molecule has 2 amide bonds. The molecule has 0 saturated heterocycles. The van der Waals surface area contributed by atoms with Crippen molar-refractivity contribution in [2.75, 3.05) is 19.0 Å². The maximum Gasteiger partial charge on any atom is 0.221 e. The fourth-order valence-electron chi connectivity index (χ4n) is 1.00. The van der Waals surface area contributed by atoms with Crippen LogP contribution in [0.1, 0.15) is 32.6 Å². The van der Waals surface area contributed by atoms with Crippen molar-refractivity contribution in [3.63, 3.8) is 0 Å². The zero-order chi connectivity index (χ0) is 11.5. The van der Waals surface area contributed by atoms with E-state index in [1.54, 1.807) is 0 Å². The SMILES string of the molecule is CCCNC(=O)CCCNC(=O)CCCl. The zero-order valence-electron chi connectivity index (χ0n) is 9.14. The van der Waals surface area contributed by atoms with Crippen LogP contribution in [-0.4, -0.2) is 30.8 Å². The van der Waals surface area contributed by atoms with Gasteiger partial charge < -0.3 is 10.6 Å². The largest absolute Gasteiger partial charge is 0.356 e. The Kier molecular flexibility index (Phi) is 9.27. The van der Waals surface area contributed by atoms with Crippen LogP contribution in [-0.2, 0) is 9.59 Å². The third-order valence-electron chi connectivity index (χ3n) is 1.80. The van der Waals surface area contributed by atoms with Gasteiger partial charge in [0, 0.05) is 31.8 Å². The quantitative estimate of drug-likeness (QED) is 0.487. The lowest BCUT2D eigenvalue weighted by Crippen LogP contribution is -2.27. The van der Waals surface area contributed by atoms with Crippen LogP contribution >= 0.6 is 11.6 Å². The predicted molar refractivity (Wildman–Crippen MR) is 60.9 cm³/mol. The van der Waals surface area contributed by atoms with Crippen LogP contribution in [0.5, 0.6) is 0 Å². The number of carbonyl (C=O) groups is 2. The fourth-order valence-corrected chi connectivity index (χ4v) is 1.18. The van der Waals surface area contributed by atoms with Gasteiger partial charge in [-0.05, 0) is 12.8 Å². The molecular formula is C10H19ClN2O2. The zero-order valence-corrected chi connectivity index (χ0v) is 9.90. The Morgan fingerprint density at radius 1 is 1.07 bits per heavy atom. The summed E-state index contributed by atoms with van der Waals surface area (Å²) in [5.41, 5.74) is 0. The van der Waals surface area contributed by atoms with Gasteiger partial charge in [0.05, 0.1) is 0 Å². The second-order valence-corrected chi connectivity index (χ2v) is 3.62. The van der Waals surface area contributed by atoms with Gasteiger partial charge in [0.1, 0.15) is 0 Å². The summed E-state index contributed by atoms with van der Waals surface area (Å²) in [5.74, 6) is 0.324. The molecule has 0 atom stereocenters. The van der Waals surface area contributed by atoms with Crippen molar-refractivity contribution in [3.8, 4) is 0 Å². The molecule has 0 unspecified atom stereocenters. The molecule has 88 valence electrons. The predicted octanol–water partition coefficient (Wildman–Crippen LogP) is 1.04. The molecule has 0 bridgehead atoms. The topological polar surface area (TPSA) is 58.2 Å². The van der Waals surface area contributed by atoms with Gasteiger partial charge in [0.15, 0.2) is 0 Å². The molecule has 15 heavy (non-hydrogen) atoms. The van der Waals surface area contributed by atoms with Crippen LogP contribution in [0.25, 0.3) is 0 Å². The minimum atomic E-state index is -0.0565. The van der Waals surface area contributed by atoms with Crippen molar-refractivity contribution in [3.05, 3.63) is 0 Å². The Morgan fingerprint density at radius 3 is 2.27 bits per heavy atom. The average molecular weight is 235 g/mol. The minimum Gasteiger partial charge on any atom is -0.356 e. The Balaban J connectivity index is 3.30. The molecule has 0 radical (unpaired) electrons. The molecule has 0 aliphatic carbocycles. The second-order valence-electron chi connectivity index (χ2n) is 3.24. The van der Waals surface area contributed by atoms with E-state index in [0.717, 1.165) is 13.0 Å². The lowest BCUT2D eigenvalue weighted by molar-refractivity contribution is -0.122. The highest BCUT2D eigenvalue weighted by Gasteiger charge is 2.01. The van der Waals surface area contributed by atoms with E-state index in [1.807, 2.05) is 6.92 Å². The third kappa shape index (κ3) is 9.53. The van der Waals surface area contributed by atoms with Crippen LogP contribution in [0.4, 0.5) is 0 Å². The van der Waals surface area contributed by atoms with Crippen molar-refractivity contribution in [1.82, 2.24) is 10.6 Å². The standard InChI is InChI=1S/C10H19ClN2O2/c1-2-7-12-9(14)4-3-8-13-10(15)5-6-11/h2-8H2,1H3,(H,12,14)(H,13,15). The molecule has 0 aromatic carbocycles. The number of amides is 2. The molecule has 5 heteroatoms. The average Bonchev–Trinajstić information content (AvgIpc) is 2.22. The summed E-state index contributed by atoms with van der Waals surface area (Å²) in [6.45, 7) is 3.26. The molecule has 0 heterocycles. The first-order valence-corrected chi connectivity index (χ1v) is 5.83. The highest BCUT2D eigenvalue weighted by atomic mass is 35.5. The lowest BCUT2D eigenvalue weighted by Gasteiger charge is -2.04. The van der Waals surface area contributed by atoms with Crippen molar-refractivity contribution in [2.24, 2.45) is 0 Å². The van der Waals surface area contributed by atoms with E-state index in [1.165, 1.54) is 0 Å². The summed E-state index contributed by atoms with van der Waals surface area (Å²) >= 11 is 5.39. The molecule has 0 rings (SSSR count). The van der Waals surface area contributed by atoms with Gasteiger partial charge in [-0.2, -0.15) is 0 Å². The summed E-state index contributed by atoms with van der Waals surface area (Å²) in [6.07, 6.45) is 2.41. The highest BCUT2D eigenvalue weighted by Crippen LogP contribution is 1.89. The number of rotatable bonds is 8. The van der Waals surface area contributed by atoms with E-state index in [4.69, 9.17) is 11.6 Å². The molecule has 0 aliphatic rings. The maximum absolute atomic E-state index is 11.1. The van der Waals surface area contributed by atoms with Crippen LogP contribution < -0.4 is 10.6 Å². The van der Waals surface area contributed by atoms with E-state index in [9.17, 15) is 9.59 Å². The van der Waals surface area contributed by atoms with Crippen LogP contribution in [0.15, 0.2) is 0 Å². The van der Waals surface area contributed by atoms with Gasteiger partial charge in [-0.3, -0.25) is 9.59 Å². The van der Waals surface area contributed by atoms with Crippen molar-refractivity contribution in [2.45, 2.75) is 32.6 Å². The molecule has 0 aliphatic heterocycles. The number of hydrogen-bond acceptors (Lipinski definition) is 2. The van der Waals surface area contributed by atoms with Gasteiger partial charge in [-0.1, -0.05) is 6.92 Å². The Bertz CT molecular complexity index is 198. The van der Waals surface area contributed by atoms with Gasteiger partial charge in [-0.15, -0.1) is 11.6 Å². The van der Waals surface area contributed by atoms with Crippen LogP contribution in [0, 0.1) is 0 Å². The Hall–Kier alpha value is -0.770. The first-order valence-electron chi connectivity index (χ1n) is 5.30. The third-order valence-corrected chi connectivity index (χ3v) is 1.99. The number of carbonyl (C=O) groups excluding carboxylic acids is 2. The molecule has 0 aromatic rings. The van der Waals surface area contributed by atoms with E-state index in [-0.39, 0.29) is 11.8 Å². The molecule has 0 spiro atoms. The Morgan fingerprint density at radius 2 is 1.67 bits per heavy atom. The van der Waals surface area contributed by atoms with Gasteiger partial charge in [0.2, 0.25) is 11.8 Å². The lowest BCUT2D eigenvalue weighted by atomic mass is 10.3. The number of halogens is 1. The van der Waals surface area contributed by atoms with Gasteiger partial charge >= 0.3 is 0 Å². The smallest absolute Gasteiger partial charge is 0.221 e. The molecule has 0 aromatic heterocycles. The van der Waals surface area contributed by atoms with Crippen molar-refractivity contribution < 1.29 is 9.59 Å². The number of hydrogen-bond donors (Lipinski definition) is 2. The first kappa shape index (κ1) is 14.2. The van der Waals surface area contributed by atoms with E-state index in [2.05, 4.69) is 10.6 Å². The van der Waals surface area contributed by atoms with Crippen LogP contribution in [0.3, 0.4) is 0 Å². The first-order chi connectivity index (χ1) is 7.20. The minimum absolute atomic E-state index is 0.0449. The molecule has 0 saturated carbocycles. The number of alkyl halides is 1. The summed E-state index contributed by atoms with van der Waals surface area (Å²) in [6, 6.07) is 0. The summed E-state index contributed by atoms with van der Waals surface area (Å²) in [7, 11) is 0. The molecular weight excluding hydrogens is 216 g/mol. The van der Waals surface area contributed by atoms with Gasteiger partial charge in [-0.25, -0.2) is 0 Å². The Labute approximate surface area is 95.7 Å². The molecule has 2 N–H and O–H groups in total. The van der Waals surface area contributed by atoms with Crippen molar-refractivity contribution >= 4 is 23.4 Å². The maximum atomic E-state index is 11.1. The summed E-state index contributed by atoms with van der Waals surface area (Å²) in [4.78, 5) is 22.1. The van der Waals surface area contributed by atoms with Crippen LogP contribution in [0.2, 0.25) is 0 Å². The van der Waals surface area contributed by atoms with Gasteiger partial charge in [0.25, 0.3) is 0 Å².